The lowest BCUT2D eigenvalue weighted by Crippen LogP contribution is -2.43. The Morgan fingerprint density at radius 3 is 2.86 bits per heavy atom. The first kappa shape index (κ1) is 18.6. The average molecular weight is 396 g/mol. The van der Waals surface area contributed by atoms with Crippen molar-refractivity contribution in [3.63, 3.8) is 0 Å². The number of ether oxygens (including phenoxy) is 1. The largest absolute Gasteiger partial charge is 0.449 e. The fourth-order valence-corrected chi connectivity index (χ4v) is 4.37. The zero-order valence-electron chi connectivity index (χ0n) is 15.6. The molecule has 0 fully saturated rings. The summed E-state index contributed by atoms with van der Waals surface area (Å²) in [5, 5.41) is 2.75. The van der Waals surface area contributed by atoms with Crippen LogP contribution in [0.4, 0.5) is 11.4 Å². The monoisotopic (exact) mass is 396 g/mol. The lowest BCUT2D eigenvalue weighted by molar-refractivity contribution is -0.126. The van der Waals surface area contributed by atoms with Gasteiger partial charge < -0.3 is 15.0 Å². The van der Waals surface area contributed by atoms with Crippen molar-refractivity contribution in [1.29, 1.82) is 0 Å². The molecule has 0 saturated heterocycles. The minimum absolute atomic E-state index is 0.0158. The summed E-state index contributed by atoms with van der Waals surface area (Å²) in [4.78, 5) is 39.7. The SMILES string of the molecule is C[C@@H]1Cc2ccccc2N1C(=O)[C@@H](C)OC(=O)c1ccc2c(c1)NC(=O)CS2. The summed E-state index contributed by atoms with van der Waals surface area (Å²) in [6.45, 7) is 3.57. The van der Waals surface area contributed by atoms with Crippen LogP contribution in [0.3, 0.4) is 0 Å². The van der Waals surface area contributed by atoms with Gasteiger partial charge in [-0.3, -0.25) is 9.59 Å². The summed E-state index contributed by atoms with van der Waals surface area (Å²) in [6.07, 6.45) is -0.133. The van der Waals surface area contributed by atoms with Crippen LogP contribution in [-0.4, -0.2) is 35.7 Å². The molecular weight excluding hydrogens is 376 g/mol. The van der Waals surface area contributed by atoms with Crippen molar-refractivity contribution in [3.8, 4) is 0 Å². The second-order valence-corrected chi connectivity index (χ2v) is 8.00. The highest BCUT2D eigenvalue weighted by atomic mass is 32.2. The summed E-state index contributed by atoms with van der Waals surface area (Å²) in [5.74, 6) is -0.577. The summed E-state index contributed by atoms with van der Waals surface area (Å²) >= 11 is 1.42. The molecule has 2 aromatic rings. The van der Waals surface area contributed by atoms with E-state index in [9.17, 15) is 14.4 Å². The Balaban J connectivity index is 1.48. The van der Waals surface area contributed by atoms with E-state index in [1.165, 1.54) is 11.8 Å². The normalized spacial score (nSPS) is 18.7. The molecule has 0 radical (unpaired) electrons. The highest BCUT2D eigenvalue weighted by molar-refractivity contribution is 8.00. The summed E-state index contributed by atoms with van der Waals surface area (Å²) in [5.41, 5.74) is 2.88. The van der Waals surface area contributed by atoms with E-state index < -0.39 is 12.1 Å². The van der Waals surface area contributed by atoms with E-state index in [-0.39, 0.29) is 17.9 Å². The first-order valence-corrected chi connectivity index (χ1v) is 10.1. The molecule has 6 nitrogen and oxygen atoms in total. The van der Waals surface area contributed by atoms with E-state index in [0.717, 1.165) is 22.6 Å². The van der Waals surface area contributed by atoms with E-state index in [1.54, 1.807) is 30.0 Å². The number of nitrogens with one attached hydrogen (secondary N) is 1. The van der Waals surface area contributed by atoms with Gasteiger partial charge in [0.1, 0.15) is 0 Å². The molecule has 0 bridgehead atoms. The van der Waals surface area contributed by atoms with Crippen molar-refractivity contribution < 1.29 is 19.1 Å². The lowest BCUT2D eigenvalue weighted by Gasteiger charge is -2.26. The Kier molecular flexibility index (Phi) is 4.85. The van der Waals surface area contributed by atoms with Crippen LogP contribution in [0.25, 0.3) is 0 Å². The second kappa shape index (κ2) is 7.31. The maximum Gasteiger partial charge on any atom is 0.338 e. The number of nitrogens with zero attached hydrogens (tertiary/aromatic N) is 1. The zero-order valence-corrected chi connectivity index (χ0v) is 16.4. The molecule has 2 aliphatic heterocycles. The van der Waals surface area contributed by atoms with Gasteiger partial charge >= 0.3 is 5.97 Å². The molecule has 7 heteroatoms. The van der Waals surface area contributed by atoms with Gasteiger partial charge in [-0.1, -0.05) is 18.2 Å². The number of rotatable bonds is 3. The number of fused-ring (bicyclic) bond motifs is 2. The molecule has 2 heterocycles. The third kappa shape index (κ3) is 3.38. The number of anilines is 2. The van der Waals surface area contributed by atoms with Crippen LogP contribution >= 0.6 is 11.8 Å². The second-order valence-electron chi connectivity index (χ2n) is 6.99. The fourth-order valence-electron chi connectivity index (χ4n) is 3.59. The predicted molar refractivity (Wildman–Crippen MR) is 108 cm³/mol. The predicted octanol–water partition coefficient (Wildman–Crippen LogP) is 3.25. The number of carbonyl (C=O) groups is 3. The van der Waals surface area contributed by atoms with Crippen LogP contribution in [-0.2, 0) is 20.7 Å². The van der Waals surface area contributed by atoms with E-state index in [0.29, 0.717) is 17.0 Å². The van der Waals surface area contributed by atoms with Crippen molar-refractivity contribution >= 4 is 40.9 Å². The van der Waals surface area contributed by atoms with E-state index in [4.69, 9.17) is 4.74 Å². The van der Waals surface area contributed by atoms with Crippen molar-refractivity contribution in [2.24, 2.45) is 0 Å². The maximum atomic E-state index is 12.9. The summed E-state index contributed by atoms with van der Waals surface area (Å²) < 4.78 is 5.44. The third-order valence-electron chi connectivity index (χ3n) is 4.92. The van der Waals surface area contributed by atoms with Gasteiger partial charge in [-0.25, -0.2) is 4.79 Å². The number of benzene rings is 2. The minimum Gasteiger partial charge on any atom is -0.449 e. The number of para-hydroxylation sites is 1. The van der Waals surface area contributed by atoms with Gasteiger partial charge in [0.25, 0.3) is 5.91 Å². The van der Waals surface area contributed by atoms with Crippen molar-refractivity contribution in [1.82, 2.24) is 0 Å². The quantitative estimate of drug-likeness (QED) is 0.806. The first-order valence-electron chi connectivity index (χ1n) is 9.12. The Bertz CT molecular complexity index is 975. The van der Waals surface area contributed by atoms with E-state index in [1.807, 2.05) is 31.2 Å². The fraction of sp³-hybridized carbons (Fsp3) is 0.286. The van der Waals surface area contributed by atoms with Crippen LogP contribution in [0.5, 0.6) is 0 Å². The van der Waals surface area contributed by atoms with Gasteiger partial charge in [0, 0.05) is 16.6 Å². The number of hydrogen-bond acceptors (Lipinski definition) is 5. The smallest absolute Gasteiger partial charge is 0.338 e. The van der Waals surface area contributed by atoms with Gasteiger partial charge in [-0.2, -0.15) is 0 Å². The molecule has 2 aliphatic rings. The van der Waals surface area contributed by atoms with Gasteiger partial charge in [-0.15, -0.1) is 11.8 Å². The Hall–Kier alpha value is -2.80. The summed E-state index contributed by atoms with van der Waals surface area (Å²) in [7, 11) is 0. The molecule has 4 rings (SSSR count). The van der Waals surface area contributed by atoms with Gasteiger partial charge in [-0.05, 0) is 50.1 Å². The molecule has 0 aliphatic carbocycles. The molecule has 2 amide bonds. The average Bonchev–Trinajstić information content (AvgIpc) is 3.02. The zero-order chi connectivity index (χ0) is 19.8. The molecule has 144 valence electrons. The molecule has 1 N–H and O–H groups in total. The first-order chi connectivity index (χ1) is 13.4. The molecule has 2 aromatic carbocycles. The molecule has 0 saturated carbocycles. The van der Waals surface area contributed by atoms with Crippen LogP contribution in [0.1, 0.15) is 29.8 Å². The highest BCUT2D eigenvalue weighted by Crippen LogP contribution is 2.34. The van der Waals surface area contributed by atoms with Crippen LogP contribution in [0.2, 0.25) is 0 Å². The number of amides is 2. The third-order valence-corrected chi connectivity index (χ3v) is 6.00. The van der Waals surface area contributed by atoms with Gasteiger partial charge in [0.15, 0.2) is 6.10 Å². The lowest BCUT2D eigenvalue weighted by atomic mass is 10.1. The van der Waals surface area contributed by atoms with Crippen molar-refractivity contribution in [2.75, 3.05) is 16.0 Å². The number of thioether (sulfide) groups is 1. The molecule has 0 unspecified atom stereocenters. The summed E-state index contributed by atoms with van der Waals surface area (Å²) in [6, 6.07) is 12.8. The van der Waals surface area contributed by atoms with Crippen molar-refractivity contribution in [2.45, 2.75) is 37.3 Å². The number of carbonyl (C=O) groups excluding carboxylic acids is 3. The van der Waals surface area contributed by atoms with Crippen LogP contribution in [0.15, 0.2) is 47.4 Å². The molecule has 28 heavy (non-hydrogen) atoms. The van der Waals surface area contributed by atoms with Crippen LogP contribution in [0, 0.1) is 0 Å². The highest BCUT2D eigenvalue weighted by Gasteiger charge is 2.34. The standard InChI is InChI=1S/C21H20N2O4S/c1-12-9-14-5-3-4-6-17(14)23(12)20(25)13(2)27-21(26)15-7-8-18-16(10-15)22-19(24)11-28-18/h3-8,10,12-13H,9,11H2,1-2H3,(H,22,24)/t12-,13-/m1/s1. The maximum absolute atomic E-state index is 12.9. The molecule has 2 atom stereocenters. The minimum atomic E-state index is -0.916. The Morgan fingerprint density at radius 2 is 2.04 bits per heavy atom. The van der Waals surface area contributed by atoms with Crippen molar-refractivity contribution in [3.05, 3.63) is 53.6 Å². The van der Waals surface area contributed by atoms with E-state index >= 15 is 0 Å². The number of esters is 1. The van der Waals surface area contributed by atoms with E-state index in [2.05, 4.69) is 5.32 Å². The van der Waals surface area contributed by atoms with Crippen LogP contribution < -0.4 is 10.2 Å². The van der Waals surface area contributed by atoms with Gasteiger partial charge in [0.05, 0.1) is 17.0 Å². The molecule has 0 aromatic heterocycles. The molecular formula is C21H20N2O4S. The van der Waals surface area contributed by atoms with Gasteiger partial charge in [0.2, 0.25) is 5.91 Å². The Morgan fingerprint density at radius 1 is 1.25 bits per heavy atom. The Labute approximate surface area is 167 Å². The molecule has 0 spiro atoms. The topological polar surface area (TPSA) is 75.7 Å². The number of hydrogen-bond donors (Lipinski definition) is 1.